The number of anilines is 1. The predicted octanol–water partition coefficient (Wildman–Crippen LogP) is 1.44. The van der Waals surface area contributed by atoms with E-state index < -0.39 is 11.8 Å². The lowest BCUT2D eigenvalue weighted by molar-refractivity contribution is -0.145. The molecule has 8 heteroatoms. The van der Waals surface area contributed by atoms with E-state index in [1.165, 1.54) is 11.3 Å². The fourth-order valence-electron chi connectivity index (χ4n) is 2.58. The smallest absolute Gasteiger partial charge is 0.315 e. The van der Waals surface area contributed by atoms with Crippen LogP contribution in [-0.2, 0) is 22.6 Å². The molecule has 1 atom stereocenters. The number of hydrogen-bond acceptors (Lipinski definition) is 5. The van der Waals surface area contributed by atoms with Gasteiger partial charge in [-0.15, -0.1) is 10.2 Å². The first-order valence-corrected chi connectivity index (χ1v) is 8.01. The van der Waals surface area contributed by atoms with Gasteiger partial charge < -0.3 is 9.47 Å². The highest BCUT2D eigenvalue weighted by atomic mass is 32.1. The van der Waals surface area contributed by atoms with Crippen molar-refractivity contribution in [3.63, 3.8) is 0 Å². The Morgan fingerprint density at radius 3 is 2.95 bits per heavy atom. The summed E-state index contributed by atoms with van der Waals surface area (Å²) < 4.78 is 2.10. The van der Waals surface area contributed by atoms with E-state index in [0.29, 0.717) is 18.2 Å². The summed E-state index contributed by atoms with van der Waals surface area (Å²) in [5.41, 5.74) is 1.04. The van der Waals surface area contributed by atoms with Gasteiger partial charge in [-0.05, 0) is 25.5 Å². The lowest BCUT2D eigenvalue weighted by atomic mass is 10.1. The molecule has 0 aromatic carbocycles. The molecule has 3 heterocycles. The van der Waals surface area contributed by atoms with Crippen molar-refractivity contribution in [2.75, 3.05) is 11.9 Å². The van der Waals surface area contributed by atoms with Gasteiger partial charge in [0.25, 0.3) is 0 Å². The Hall–Kier alpha value is -2.22. The molecule has 0 fully saturated rings. The SMILES string of the molecule is CCc1nnc(NC(=O)C(=O)N2CCn3cccc3C2C)s1. The molecule has 7 nitrogen and oxygen atoms in total. The number of rotatable bonds is 2. The molecule has 0 saturated heterocycles. The van der Waals surface area contributed by atoms with Gasteiger partial charge in [-0.25, -0.2) is 0 Å². The van der Waals surface area contributed by atoms with Crippen molar-refractivity contribution in [2.45, 2.75) is 32.9 Å². The molecule has 22 heavy (non-hydrogen) atoms. The van der Waals surface area contributed by atoms with Gasteiger partial charge in [0, 0.05) is 25.0 Å². The van der Waals surface area contributed by atoms with E-state index in [0.717, 1.165) is 17.1 Å². The average Bonchev–Trinajstić information content (AvgIpc) is 3.16. The van der Waals surface area contributed by atoms with Crippen LogP contribution in [0.5, 0.6) is 0 Å². The summed E-state index contributed by atoms with van der Waals surface area (Å²) >= 11 is 1.29. The molecule has 3 rings (SSSR count). The minimum absolute atomic E-state index is 0.123. The number of amides is 2. The molecule has 2 amide bonds. The first-order chi connectivity index (χ1) is 10.6. The lowest BCUT2D eigenvalue weighted by Gasteiger charge is -2.34. The van der Waals surface area contributed by atoms with E-state index >= 15 is 0 Å². The fourth-order valence-corrected chi connectivity index (χ4v) is 3.26. The van der Waals surface area contributed by atoms with E-state index in [1.54, 1.807) is 4.90 Å². The molecular weight excluding hydrogens is 302 g/mol. The molecule has 0 bridgehead atoms. The molecule has 0 spiro atoms. The van der Waals surface area contributed by atoms with Crippen molar-refractivity contribution in [2.24, 2.45) is 0 Å². The van der Waals surface area contributed by atoms with Gasteiger partial charge in [0.2, 0.25) is 5.13 Å². The minimum Gasteiger partial charge on any atom is -0.348 e. The van der Waals surface area contributed by atoms with Crippen LogP contribution < -0.4 is 5.32 Å². The number of hydrogen-bond donors (Lipinski definition) is 1. The van der Waals surface area contributed by atoms with Crippen LogP contribution in [0.1, 0.15) is 30.6 Å². The zero-order valence-corrected chi connectivity index (χ0v) is 13.3. The van der Waals surface area contributed by atoms with E-state index in [1.807, 2.05) is 32.2 Å². The first kappa shape index (κ1) is 14.7. The third-order valence-corrected chi connectivity index (χ3v) is 4.77. The number of carbonyl (C=O) groups excluding carboxylic acids is 2. The van der Waals surface area contributed by atoms with E-state index in [2.05, 4.69) is 20.1 Å². The highest BCUT2D eigenvalue weighted by Crippen LogP contribution is 2.25. The van der Waals surface area contributed by atoms with Gasteiger partial charge in [0.15, 0.2) is 0 Å². The molecule has 116 valence electrons. The average molecular weight is 319 g/mol. The standard InChI is InChI=1S/C14H17N5O2S/c1-3-11-16-17-14(22-11)15-12(20)13(21)19-8-7-18-6-4-5-10(18)9(19)2/h4-6,9H,3,7-8H2,1-2H3,(H,15,17,20). The van der Waals surface area contributed by atoms with Gasteiger partial charge in [-0.3, -0.25) is 14.9 Å². The van der Waals surface area contributed by atoms with Crippen LogP contribution in [0.4, 0.5) is 5.13 Å². The van der Waals surface area contributed by atoms with Crippen LogP contribution in [0.25, 0.3) is 0 Å². The molecule has 1 aliphatic heterocycles. The predicted molar refractivity (Wildman–Crippen MR) is 82.5 cm³/mol. The Morgan fingerprint density at radius 1 is 1.41 bits per heavy atom. The van der Waals surface area contributed by atoms with Gasteiger partial charge in [-0.1, -0.05) is 18.3 Å². The van der Waals surface area contributed by atoms with Gasteiger partial charge >= 0.3 is 11.8 Å². The summed E-state index contributed by atoms with van der Waals surface area (Å²) in [4.78, 5) is 26.1. The van der Waals surface area contributed by atoms with Gasteiger partial charge in [-0.2, -0.15) is 0 Å². The fraction of sp³-hybridized carbons (Fsp3) is 0.429. The number of aryl methyl sites for hydroxylation is 1. The summed E-state index contributed by atoms with van der Waals surface area (Å²) in [6.07, 6.45) is 2.74. The Balaban J connectivity index is 1.70. The zero-order valence-electron chi connectivity index (χ0n) is 12.4. The Bertz CT molecular complexity index is 708. The van der Waals surface area contributed by atoms with Gasteiger partial charge in [0.1, 0.15) is 5.01 Å². The second-order valence-corrected chi connectivity index (χ2v) is 6.17. The Labute approximate surface area is 132 Å². The summed E-state index contributed by atoms with van der Waals surface area (Å²) in [5.74, 6) is -1.20. The van der Waals surface area contributed by atoms with Crippen LogP contribution in [0.2, 0.25) is 0 Å². The summed E-state index contributed by atoms with van der Waals surface area (Å²) in [5, 5.41) is 11.5. The number of carbonyl (C=O) groups is 2. The molecule has 2 aromatic rings. The Kier molecular flexibility index (Phi) is 3.93. The van der Waals surface area contributed by atoms with Crippen LogP contribution in [-0.4, -0.2) is 38.0 Å². The highest BCUT2D eigenvalue weighted by molar-refractivity contribution is 7.15. The van der Waals surface area contributed by atoms with Crippen molar-refractivity contribution >= 4 is 28.3 Å². The maximum absolute atomic E-state index is 12.4. The Morgan fingerprint density at radius 2 is 2.23 bits per heavy atom. The number of nitrogens with zero attached hydrogens (tertiary/aromatic N) is 4. The lowest BCUT2D eigenvalue weighted by Crippen LogP contribution is -2.45. The van der Waals surface area contributed by atoms with Crippen molar-refractivity contribution < 1.29 is 9.59 Å². The second kappa shape index (κ2) is 5.88. The third kappa shape index (κ3) is 2.61. The van der Waals surface area contributed by atoms with E-state index in [9.17, 15) is 9.59 Å². The largest absolute Gasteiger partial charge is 0.348 e. The van der Waals surface area contributed by atoms with Crippen molar-refractivity contribution in [1.82, 2.24) is 19.7 Å². The first-order valence-electron chi connectivity index (χ1n) is 7.19. The van der Waals surface area contributed by atoms with Crippen molar-refractivity contribution in [3.8, 4) is 0 Å². The number of nitrogens with one attached hydrogen (secondary N) is 1. The van der Waals surface area contributed by atoms with E-state index in [-0.39, 0.29) is 6.04 Å². The second-order valence-electron chi connectivity index (χ2n) is 5.11. The molecule has 1 unspecified atom stereocenters. The van der Waals surface area contributed by atoms with Crippen molar-refractivity contribution in [3.05, 3.63) is 29.0 Å². The molecule has 0 saturated carbocycles. The topological polar surface area (TPSA) is 80.1 Å². The molecule has 0 aliphatic carbocycles. The molecule has 2 aromatic heterocycles. The van der Waals surface area contributed by atoms with Crippen LogP contribution in [0, 0.1) is 0 Å². The third-order valence-electron chi connectivity index (χ3n) is 3.79. The quantitative estimate of drug-likeness (QED) is 0.850. The zero-order chi connectivity index (χ0) is 15.7. The molecular formula is C14H17N5O2S. The number of fused-ring (bicyclic) bond motifs is 1. The van der Waals surface area contributed by atoms with Gasteiger partial charge in [0.05, 0.1) is 6.04 Å². The monoisotopic (exact) mass is 319 g/mol. The van der Waals surface area contributed by atoms with Crippen LogP contribution in [0.15, 0.2) is 18.3 Å². The van der Waals surface area contributed by atoms with Crippen molar-refractivity contribution in [1.29, 1.82) is 0 Å². The maximum atomic E-state index is 12.4. The molecule has 0 radical (unpaired) electrons. The normalized spacial score (nSPS) is 17.2. The molecule has 1 aliphatic rings. The van der Waals surface area contributed by atoms with E-state index in [4.69, 9.17) is 0 Å². The minimum atomic E-state index is -0.661. The molecule has 1 N–H and O–H groups in total. The summed E-state index contributed by atoms with van der Waals surface area (Å²) in [6, 6.07) is 3.80. The summed E-state index contributed by atoms with van der Waals surface area (Å²) in [6.45, 7) is 5.11. The highest BCUT2D eigenvalue weighted by Gasteiger charge is 2.31. The maximum Gasteiger partial charge on any atom is 0.315 e. The van der Waals surface area contributed by atoms with Crippen LogP contribution in [0.3, 0.4) is 0 Å². The van der Waals surface area contributed by atoms with Crippen LogP contribution >= 0.6 is 11.3 Å². The number of aromatic nitrogens is 3. The summed E-state index contributed by atoms with van der Waals surface area (Å²) in [7, 11) is 0.